The molecule has 0 atom stereocenters. The summed E-state index contributed by atoms with van der Waals surface area (Å²) < 4.78 is 32.4. The molecule has 0 saturated heterocycles. The van der Waals surface area contributed by atoms with Crippen molar-refractivity contribution in [3.05, 3.63) is 47.4 Å². The fraction of sp³-hybridized carbons (Fsp3) is 0.0769. The second kappa shape index (κ2) is 5.47. The van der Waals surface area contributed by atoms with Crippen molar-refractivity contribution >= 4 is 27.3 Å². The van der Waals surface area contributed by atoms with Crippen LogP contribution in [0, 0.1) is 6.92 Å². The summed E-state index contributed by atoms with van der Waals surface area (Å²) in [6.07, 6.45) is 1.34. The zero-order chi connectivity index (χ0) is 15.7. The van der Waals surface area contributed by atoms with Gasteiger partial charge in [-0.1, -0.05) is 23.7 Å². The van der Waals surface area contributed by atoms with E-state index in [9.17, 15) is 8.42 Å². The third-order valence-electron chi connectivity index (χ3n) is 2.84. The Morgan fingerprint density at radius 1 is 1.27 bits per heavy atom. The van der Waals surface area contributed by atoms with Crippen LogP contribution in [0.15, 0.2) is 45.8 Å². The van der Waals surface area contributed by atoms with Gasteiger partial charge in [0, 0.05) is 13.1 Å². The van der Waals surface area contributed by atoms with Gasteiger partial charge in [-0.05, 0) is 18.2 Å². The molecule has 2 aromatic heterocycles. The van der Waals surface area contributed by atoms with Crippen LogP contribution in [0.1, 0.15) is 5.89 Å². The SMILES string of the molecule is Cc1nnc(-c2cc(S(=O)(=O)Nc3ccccc3Cl)c[nH]2)o1. The fourth-order valence-corrected chi connectivity index (χ4v) is 3.12. The molecule has 22 heavy (non-hydrogen) atoms. The minimum Gasteiger partial charge on any atom is -0.420 e. The predicted molar refractivity (Wildman–Crippen MR) is 81.1 cm³/mol. The van der Waals surface area contributed by atoms with Crippen LogP contribution in [0.4, 0.5) is 5.69 Å². The second-order valence-corrected chi connectivity index (χ2v) is 6.55. The maximum Gasteiger partial charge on any atom is 0.264 e. The van der Waals surface area contributed by atoms with Gasteiger partial charge in [0.1, 0.15) is 10.6 Å². The second-order valence-electron chi connectivity index (χ2n) is 4.46. The summed E-state index contributed by atoms with van der Waals surface area (Å²) in [4.78, 5) is 2.83. The number of sulfonamides is 1. The van der Waals surface area contributed by atoms with Crippen molar-refractivity contribution in [2.24, 2.45) is 0 Å². The summed E-state index contributed by atoms with van der Waals surface area (Å²) >= 11 is 5.95. The molecule has 0 unspecified atom stereocenters. The molecule has 2 heterocycles. The highest BCUT2D eigenvalue weighted by atomic mass is 35.5. The molecule has 0 aliphatic carbocycles. The molecule has 3 aromatic rings. The Bertz CT molecular complexity index is 917. The molecule has 114 valence electrons. The summed E-state index contributed by atoms with van der Waals surface area (Å²) in [5.74, 6) is 0.611. The van der Waals surface area contributed by atoms with Crippen molar-refractivity contribution in [2.45, 2.75) is 11.8 Å². The molecular weight excluding hydrogens is 328 g/mol. The topological polar surface area (TPSA) is 101 Å². The first kappa shape index (κ1) is 14.6. The van der Waals surface area contributed by atoms with Gasteiger partial charge < -0.3 is 9.40 Å². The third-order valence-corrected chi connectivity index (χ3v) is 4.52. The molecule has 0 spiro atoms. The quantitative estimate of drug-likeness (QED) is 0.761. The van der Waals surface area contributed by atoms with E-state index in [1.807, 2.05) is 0 Å². The van der Waals surface area contributed by atoms with Gasteiger partial charge in [0.15, 0.2) is 0 Å². The molecule has 3 rings (SSSR count). The van der Waals surface area contributed by atoms with Gasteiger partial charge >= 0.3 is 0 Å². The molecule has 0 radical (unpaired) electrons. The lowest BCUT2D eigenvalue weighted by Gasteiger charge is -2.07. The van der Waals surface area contributed by atoms with Crippen molar-refractivity contribution in [1.29, 1.82) is 0 Å². The van der Waals surface area contributed by atoms with Crippen LogP contribution in [-0.4, -0.2) is 23.6 Å². The number of aryl methyl sites for hydroxylation is 1. The molecular formula is C13H11ClN4O3S. The Morgan fingerprint density at radius 3 is 2.73 bits per heavy atom. The molecule has 0 saturated carbocycles. The number of nitrogens with zero attached hydrogens (tertiary/aromatic N) is 2. The fourth-order valence-electron chi connectivity index (χ4n) is 1.81. The lowest BCUT2D eigenvalue weighted by molar-refractivity contribution is 0.531. The van der Waals surface area contributed by atoms with Gasteiger partial charge in [-0.2, -0.15) is 0 Å². The summed E-state index contributed by atoms with van der Waals surface area (Å²) in [5.41, 5.74) is 0.723. The van der Waals surface area contributed by atoms with E-state index < -0.39 is 10.0 Å². The van der Waals surface area contributed by atoms with Gasteiger partial charge in [0.2, 0.25) is 5.89 Å². The van der Waals surface area contributed by atoms with Gasteiger partial charge in [-0.25, -0.2) is 8.42 Å². The minimum atomic E-state index is -3.77. The highest BCUT2D eigenvalue weighted by Gasteiger charge is 2.19. The zero-order valence-corrected chi connectivity index (χ0v) is 12.9. The molecule has 7 nitrogen and oxygen atoms in total. The lowest BCUT2D eigenvalue weighted by Crippen LogP contribution is -2.12. The van der Waals surface area contributed by atoms with Crippen LogP contribution in [0.5, 0.6) is 0 Å². The number of benzene rings is 1. The molecule has 0 amide bonds. The van der Waals surface area contributed by atoms with E-state index in [0.717, 1.165) is 0 Å². The highest BCUT2D eigenvalue weighted by molar-refractivity contribution is 7.92. The Morgan fingerprint density at radius 2 is 2.05 bits per heavy atom. The number of hydrogen-bond donors (Lipinski definition) is 2. The van der Waals surface area contributed by atoms with E-state index in [0.29, 0.717) is 22.3 Å². The van der Waals surface area contributed by atoms with Crippen molar-refractivity contribution in [3.63, 3.8) is 0 Å². The van der Waals surface area contributed by atoms with E-state index >= 15 is 0 Å². The summed E-state index contributed by atoms with van der Waals surface area (Å²) in [5, 5.41) is 7.83. The van der Waals surface area contributed by atoms with Gasteiger partial charge in [-0.15, -0.1) is 10.2 Å². The normalized spacial score (nSPS) is 11.5. The monoisotopic (exact) mass is 338 g/mol. The Hall–Kier alpha value is -2.32. The van der Waals surface area contributed by atoms with Crippen LogP contribution in [0.3, 0.4) is 0 Å². The Balaban J connectivity index is 1.90. The van der Waals surface area contributed by atoms with Crippen LogP contribution >= 0.6 is 11.6 Å². The average molecular weight is 339 g/mol. The zero-order valence-electron chi connectivity index (χ0n) is 11.4. The van der Waals surface area contributed by atoms with E-state index in [-0.39, 0.29) is 10.8 Å². The maximum absolute atomic E-state index is 12.3. The number of H-pyrrole nitrogens is 1. The number of para-hydroxylation sites is 1. The lowest BCUT2D eigenvalue weighted by atomic mass is 10.3. The van der Waals surface area contributed by atoms with E-state index in [4.69, 9.17) is 16.0 Å². The van der Waals surface area contributed by atoms with Gasteiger partial charge in [0.25, 0.3) is 15.9 Å². The summed E-state index contributed by atoms with van der Waals surface area (Å²) in [6.45, 7) is 1.65. The summed E-state index contributed by atoms with van der Waals surface area (Å²) in [7, 11) is -3.77. The molecule has 0 aliphatic rings. The summed E-state index contributed by atoms with van der Waals surface area (Å²) in [6, 6.07) is 7.99. The van der Waals surface area contributed by atoms with E-state index in [1.54, 1.807) is 31.2 Å². The first-order valence-corrected chi connectivity index (χ1v) is 8.08. The number of hydrogen-bond acceptors (Lipinski definition) is 5. The average Bonchev–Trinajstić information content (AvgIpc) is 3.10. The Labute approximate surface area is 131 Å². The molecule has 1 aromatic carbocycles. The molecule has 0 aliphatic heterocycles. The molecule has 9 heteroatoms. The Kier molecular flexibility index (Phi) is 3.63. The van der Waals surface area contributed by atoms with Gasteiger partial charge in [0.05, 0.1) is 10.7 Å². The first-order chi connectivity index (χ1) is 10.5. The standard InChI is InChI=1S/C13H11ClN4O3S/c1-8-16-17-13(21-8)12-6-9(7-15-12)22(19,20)18-11-5-3-2-4-10(11)14/h2-7,15,18H,1H3. The van der Waals surface area contributed by atoms with Crippen molar-refractivity contribution < 1.29 is 12.8 Å². The predicted octanol–water partition coefficient (Wildman–Crippen LogP) is 2.83. The van der Waals surface area contributed by atoms with Crippen LogP contribution in [0.25, 0.3) is 11.6 Å². The van der Waals surface area contributed by atoms with Crippen LogP contribution in [0.2, 0.25) is 5.02 Å². The van der Waals surface area contributed by atoms with Crippen molar-refractivity contribution in [1.82, 2.24) is 15.2 Å². The third kappa shape index (κ3) is 2.83. The molecule has 2 N–H and O–H groups in total. The largest absolute Gasteiger partial charge is 0.420 e. The molecule has 0 fully saturated rings. The van der Waals surface area contributed by atoms with Crippen LogP contribution in [-0.2, 0) is 10.0 Å². The maximum atomic E-state index is 12.3. The highest BCUT2D eigenvalue weighted by Crippen LogP contribution is 2.26. The molecule has 0 bridgehead atoms. The number of aromatic nitrogens is 3. The van der Waals surface area contributed by atoms with Crippen molar-refractivity contribution in [2.75, 3.05) is 4.72 Å². The number of halogens is 1. The number of rotatable bonds is 4. The minimum absolute atomic E-state index is 0.0401. The smallest absolute Gasteiger partial charge is 0.264 e. The first-order valence-electron chi connectivity index (χ1n) is 6.22. The number of aromatic amines is 1. The number of anilines is 1. The van der Waals surface area contributed by atoms with Gasteiger partial charge in [-0.3, -0.25) is 4.72 Å². The van der Waals surface area contributed by atoms with Crippen molar-refractivity contribution in [3.8, 4) is 11.6 Å². The number of nitrogens with one attached hydrogen (secondary N) is 2. The van der Waals surface area contributed by atoms with E-state index in [2.05, 4.69) is 19.9 Å². The van der Waals surface area contributed by atoms with E-state index in [1.165, 1.54) is 12.3 Å². The van der Waals surface area contributed by atoms with Crippen LogP contribution < -0.4 is 4.72 Å².